The molecule has 0 bridgehead atoms. The number of aryl methyl sites for hydroxylation is 1. The normalized spacial score (nSPS) is 10.1. The Labute approximate surface area is 74.4 Å². The Kier molecular flexibility index (Phi) is 2.49. The van der Waals surface area contributed by atoms with Crippen molar-refractivity contribution in [2.24, 2.45) is 5.73 Å². The summed E-state index contributed by atoms with van der Waals surface area (Å²) >= 11 is 0. The first-order valence-electron chi connectivity index (χ1n) is 3.53. The molecule has 1 aromatic rings. The first-order valence-corrected chi connectivity index (χ1v) is 3.53. The van der Waals surface area contributed by atoms with Crippen molar-refractivity contribution in [2.45, 2.75) is 13.5 Å². The van der Waals surface area contributed by atoms with E-state index in [2.05, 4.69) is 4.98 Å². The second-order valence-corrected chi connectivity index (χ2v) is 2.57. The van der Waals surface area contributed by atoms with Crippen molar-refractivity contribution in [3.05, 3.63) is 17.2 Å². The summed E-state index contributed by atoms with van der Waals surface area (Å²) in [6.07, 6.45) is 1.32. The molecule has 0 amide bonds. The summed E-state index contributed by atoms with van der Waals surface area (Å²) in [4.78, 5) is 3.74. The van der Waals surface area contributed by atoms with Crippen LogP contribution in [0.2, 0.25) is 0 Å². The van der Waals surface area contributed by atoms with Gasteiger partial charge < -0.3 is 20.7 Å². The molecule has 0 fully saturated rings. The van der Waals surface area contributed by atoms with Crippen LogP contribution in [-0.2, 0) is 6.54 Å². The fourth-order valence-corrected chi connectivity index (χ4v) is 0.927. The molecule has 0 atom stereocenters. The Morgan fingerprint density at radius 3 is 2.92 bits per heavy atom. The van der Waals surface area contributed by atoms with Crippen LogP contribution in [0.3, 0.4) is 0 Å². The van der Waals surface area contributed by atoms with Gasteiger partial charge in [0, 0.05) is 6.20 Å². The maximum absolute atomic E-state index is 10.4. The minimum absolute atomic E-state index is 0.0394. The Bertz CT molecular complexity index is 319. The fraction of sp³-hybridized carbons (Fsp3) is 0.333. The van der Waals surface area contributed by atoms with Crippen molar-refractivity contribution < 1.29 is 5.21 Å². The monoisotopic (exact) mass is 184 g/mol. The summed E-state index contributed by atoms with van der Waals surface area (Å²) < 4.78 is 1.50. The number of nitrogens with one attached hydrogen (secondary N) is 1. The second kappa shape index (κ2) is 3.42. The number of hydrogen-bond acceptors (Lipinski definition) is 5. The number of amidine groups is 1. The molecule has 4 N–H and O–H groups in total. The van der Waals surface area contributed by atoms with Crippen molar-refractivity contribution in [1.82, 2.24) is 9.55 Å². The van der Waals surface area contributed by atoms with Gasteiger partial charge in [-0.15, -0.1) is 0 Å². The SMILES string of the molecule is Cc1nc(N([O-])O)cn1CC(=N)N. The minimum atomic E-state index is -0.330. The highest BCUT2D eigenvalue weighted by molar-refractivity contribution is 5.76. The largest absolute Gasteiger partial charge is 0.732 e. The molecule has 0 aliphatic carbocycles. The zero-order valence-corrected chi connectivity index (χ0v) is 7.06. The van der Waals surface area contributed by atoms with Gasteiger partial charge in [0.1, 0.15) is 11.7 Å². The van der Waals surface area contributed by atoms with Crippen LogP contribution < -0.4 is 11.0 Å². The van der Waals surface area contributed by atoms with Crippen LogP contribution in [0.25, 0.3) is 0 Å². The highest BCUT2D eigenvalue weighted by Crippen LogP contribution is 2.10. The Morgan fingerprint density at radius 2 is 2.54 bits per heavy atom. The van der Waals surface area contributed by atoms with Crippen LogP contribution in [0.1, 0.15) is 5.82 Å². The van der Waals surface area contributed by atoms with Gasteiger partial charge in [-0.1, -0.05) is 0 Å². The van der Waals surface area contributed by atoms with E-state index in [1.165, 1.54) is 10.8 Å². The molecule has 1 aromatic heterocycles. The predicted molar refractivity (Wildman–Crippen MR) is 46.5 cm³/mol. The maximum atomic E-state index is 10.4. The molecule has 13 heavy (non-hydrogen) atoms. The van der Waals surface area contributed by atoms with E-state index in [0.717, 1.165) is 0 Å². The number of rotatable bonds is 3. The average molecular weight is 184 g/mol. The van der Waals surface area contributed by atoms with Crippen molar-refractivity contribution in [1.29, 1.82) is 5.41 Å². The topological polar surface area (TPSA) is 114 Å². The highest BCUT2D eigenvalue weighted by atomic mass is 16.8. The molecule has 72 valence electrons. The van der Waals surface area contributed by atoms with E-state index in [4.69, 9.17) is 16.4 Å². The summed E-state index contributed by atoms with van der Waals surface area (Å²) in [6.45, 7) is 1.81. The van der Waals surface area contributed by atoms with E-state index in [0.29, 0.717) is 5.82 Å². The molecule has 0 saturated heterocycles. The lowest BCUT2D eigenvalue weighted by Crippen LogP contribution is -2.18. The summed E-state index contributed by atoms with van der Waals surface area (Å²) in [7, 11) is 0. The van der Waals surface area contributed by atoms with Gasteiger partial charge in [-0.05, 0) is 6.92 Å². The zero-order chi connectivity index (χ0) is 10.0. The Morgan fingerprint density at radius 1 is 1.92 bits per heavy atom. The summed E-state index contributed by atoms with van der Waals surface area (Å²) in [5.41, 5.74) is 5.16. The lowest BCUT2D eigenvalue weighted by Gasteiger charge is -2.17. The van der Waals surface area contributed by atoms with Crippen molar-refractivity contribution >= 4 is 11.7 Å². The third kappa shape index (κ3) is 2.17. The number of anilines is 1. The molecule has 7 nitrogen and oxygen atoms in total. The van der Waals surface area contributed by atoms with Crippen molar-refractivity contribution in [2.75, 3.05) is 5.23 Å². The summed E-state index contributed by atoms with van der Waals surface area (Å²) in [6, 6.07) is 0. The van der Waals surface area contributed by atoms with Crippen LogP contribution in [-0.4, -0.2) is 20.6 Å². The molecule has 0 radical (unpaired) electrons. The minimum Gasteiger partial charge on any atom is -0.732 e. The molecule has 0 aliphatic rings. The first kappa shape index (κ1) is 9.49. The van der Waals surface area contributed by atoms with Gasteiger partial charge in [0.2, 0.25) is 0 Å². The molecule has 0 unspecified atom stereocenters. The van der Waals surface area contributed by atoms with Gasteiger partial charge in [-0.25, -0.2) is 4.98 Å². The maximum Gasteiger partial charge on any atom is 0.160 e. The van der Waals surface area contributed by atoms with E-state index in [1.807, 2.05) is 0 Å². The number of nitrogens with zero attached hydrogens (tertiary/aromatic N) is 3. The average Bonchev–Trinajstić information content (AvgIpc) is 2.31. The van der Waals surface area contributed by atoms with E-state index in [-0.39, 0.29) is 23.4 Å². The van der Waals surface area contributed by atoms with Gasteiger partial charge in [0.05, 0.1) is 6.54 Å². The molecule has 0 spiro atoms. The van der Waals surface area contributed by atoms with Gasteiger partial charge in [0.25, 0.3) is 0 Å². The van der Waals surface area contributed by atoms with Gasteiger partial charge >= 0.3 is 0 Å². The Balaban J connectivity index is 2.89. The molecule has 0 saturated carbocycles. The van der Waals surface area contributed by atoms with Crippen LogP contribution in [0, 0.1) is 17.5 Å². The number of nitrogens with two attached hydrogens (primary N) is 1. The van der Waals surface area contributed by atoms with Gasteiger partial charge in [0.15, 0.2) is 5.82 Å². The smallest absolute Gasteiger partial charge is 0.160 e. The molecule has 1 heterocycles. The Hall–Kier alpha value is -1.60. The van der Waals surface area contributed by atoms with E-state index in [1.54, 1.807) is 6.92 Å². The third-order valence-electron chi connectivity index (χ3n) is 1.50. The molecular formula is C6H10N5O2-. The van der Waals surface area contributed by atoms with Crippen LogP contribution >= 0.6 is 0 Å². The second-order valence-electron chi connectivity index (χ2n) is 2.57. The predicted octanol–water partition coefficient (Wildman–Crippen LogP) is -0.179. The quantitative estimate of drug-likeness (QED) is 0.342. The third-order valence-corrected chi connectivity index (χ3v) is 1.50. The fourth-order valence-electron chi connectivity index (χ4n) is 0.927. The van der Waals surface area contributed by atoms with Crippen LogP contribution in [0.15, 0.2) is 6.20 Å². The lowest BCUT2D eigenvalue weighted by atomic mass is 10.5. The first-order chi connectivity index (χ1) is 6.00. The zero-order valence-electron chi connectivity index (χ0n) is 7.06. The summed E-state index contributed by atoms with van der Waals surface area (Å²) in [5, 5.41) is 25.6. The molecule has 1 rings (SSSR count). The molecule has 7 heteroatoms. The van der Waals surface area contributed by atoms with E-state index in [9.17, 15) is 5.21 Å². The van der Waals surface area contributed by atoms with Gasteiger partial charge in [-0.3, -0.25) is 10.6 Å². The van der Waals surface area contributed by atoms with Crippen LogP contribution in [0.5, 0.6) is 0 Å². The molecule has 0 aromatic carbocycles. The van der Waals surface area contributed by atoms with Crippen molar-refractivity contribution in [3.8, 4) is 0 Å². The lowest BCUT2D eigenvalue weighted by molar-refractivity contribution is 0.293. The number of imidazole rings is 1. The van der Waals surface area contributed by atoms with Crippen molar-refractivity contribution in [3.63, 3.8) is 0 Å². The van der Waals surface area contributed by atoms with E-state index < -0.39 is 0 Å². The number of hydrogen-bond donors (Lipinski definition) is 3. The molecule has 0 aliphatic heterocycles. The van der Waals surface area contributed by atoms with Gasteiger partial charge in [-0.2, -0.15) is 0 Å². The van der Waals surface area contributed by atoms with Crippen LogP contribution in [0.4, 0.5) is 5.82 Å². The standard InChI is InChI=1S/C6H10N5O2/c1-4-9-6(11(12)13)3-10(4)2-5(7)8/h3,12H,2H2,1H3,(H3,7,8)/q-1. The molecular weight excluding hydrogens is 174 g/mol. The summed E-state index contributed by atoms with van der Waals surface area (Å²) in [5.74, 6) is 0.362. The highest BCUT2D eigenvalue weighted by Gasteiger charge is 2.04. The number of aromatic nitrogens is 2. The van der Waals surface area contributed by atoms with E-state index >= 15 is 0 Å².